The highest BCUT2D eigenvalue weighted by atomic mass is 35.5. The van der Waals surface area contributed by atoms with Crippen LogP contribution in [0.25, 0.3) is 11.3 Å². The Labute approximate surface area is 192 Å². The van der Waals surface area contributed by atoms with E-state index in [1.807, 2.05) is 0 Å². The van der Waals surface area contributed by atoms with Crippen molar-refractivity contribution in [2.75, 3.05) is 0 Å². The Morgan fingerprint density at radius 3 is 2.27 bits per heavy atom. The zero-order valence-electron chi connectivity index (χ0n) is 17.0. The Balaban J connectivity index is 1.46. The van der Waals surface area contributed by atoms with E-state index in [0.29, 0.717) is 33.0 Å². The maximum absolute atomic E-state index is 14.3. The number of nitrogens with zero attached hydrogens (tertiary/aromatic N) is 4. The van der Waals surface area contributed by atoms with Gasteiger partial charge in [0, 0.05) is 16.1 Å². The van der Waals surface area contributed by atoms with Crippen LogP contribution in [0.15, 0.2) is 72.9 Å². The van der Waals surface area contributed by atoms with Crippen LogP contribution in [0.5, 0.6) is 0 Å². The summed E-state index contributed by atoms with van der Waals surface area (Å²) in [4.78, 5) is 27.5. The van der Waals surface area contributed by atoms with Crippen LogP contribution in [0.2, 0.25) is 5.02 Å². The molecular weight excluding hydrogens is 447 g/mol. The van der Waals surface area contributed by atoms with Gasteiger partial charge >= 0.3 is 0 Å². The molecule has 3 aromatic carbocycles. The molecule has 1 aromatic heterocycles. The first-order chi connectivity index (χ1) is 15.9. The van der Waals surface area contributed by atoms with E-state index in [4.69, 9.17) is 11.6 Å². The summed E-state index contributed by atoms with van der Waals surface area (Å²) < 4.78 is 14.3. The summed E-state index contributed by atoms with van der Waals surface area (Å²) in [6.07, 6.45) is 0.153. The number of rotatable bonds is 5. The number of aromatic nitrogens is 3. The highest BCUT2D eigenvalue weighted by Crippen LogP contribution is 2.34. The summed E-state index contributed by atoms with van der Waals surface area (Å²) in [5.41, 5.74) is 1.97. The highest BCUT2D eigenvalue weighted by molar-refractivity contribution is 6.30. The van der Waals surface area contributed by atoms with E-state index < -0.39 is 23.7 Å². The number of aliphatic hydroxyl groups excluding tert-OH is 1. The molecule has 2 heterocycles. The standard InChI is InChI=1S/C24H16ClFN4O3/c25-14-9-10-15(19(11-14)22(31)18-7-3-4-8-20(18)26)21-12-27-30(28-21)13-29-23(32)16-5-1-2-6-17(16)24(29)33/h1-12,22,31H,13H2. The molecule has 1 unspecified atom stereocenters. The van der Waals surface area contributed by atoms with E-state index in [1.54, 1.807) is 42.5 Å². The fraction of sp³-hybridized carbons (Fsp3) is 0.0833. The highest BCUT2D eigenvalue weighted by Gasteiger charge is 2.35. The Morgan fingerprint density at radius 1 is 0.909 bits per heavy atom. The van der Waals surface area contributed by atoms with Crippen molar-refractivity contribution in [3.05, 3.63) is 106 Å². The predicted molar refractivity (Wildman–Crippen MR) is 118 cm³/mol. The Morgan fingerprint density at radius 2 is 1.58 bits per heavy atom. The van der Waals surface area contributed by atoms with Crippen molar-refractivity contribution < 1.29 is 19.1 Å². The quantitative estimate of drug-likeness (QED) is 0.452. The van der Waals surface area contributed by atoms with E-state index in [9.17, 15) is 19.1 Å². The van der Waals surface area contributed by atoms with Gasteiger partial charge in [-0.15, -0.1) is 0 Å². The second-order valence-electron chi connectivity index (χ2n) is 7.48. The first-order valence-corrected chi connectivity index (χ1v) is 10.4. The van der Waals surface area contributed by atoms with Gasteiger partial charge in [-0.1, -0.05) is 48.0 Å². The molecule has 1 aliphatic rings. The third-order valence-corrected chi connectivity index (χ3v) is 5.70. The topological polar surface area (TPSA) is 88.3 Å². The Kier molecular flexibility index (Phi) is 5.24. The van der Waals surface area contributed by atoms with Gasteiger partial charge in [0.2, 0.25) is 0 Å². The third kappa shape index (κ3) is 3.69. The fourth-order valence-corrected chi connectivity index (χ4v) is 4.02. The van der Waals surface area contributed by atoms with E-state index in [0.717, 1.165) is 4.90 Å². The summed E-state index contributed by atoms with van der Waals surface area (Å²) >= 11 is 6.14. The van der Waals surface area contributed by atoms with Gasteiger partial charge in [-0.05, 0) is 35.9 Å². The number of carbonyl (C=O) groups is 2. The lowest BCUT2D eigenvalue weighted by atomic mass is 9.95. The fourth-order valence-electron chi connectivity index (χ4n) is 3.84. The van der Waals surface area contributed by atoms with Crippen molar-refractivity contribution in [1.29, 1.82) is 0 Å². The van der Waals surface area contributed by atoms with Gasteiger partial charge in [0.1, 0.15) is 24.3 Å². The number of fused-ring (bicyclic) bond motifs is 1. The smallest absolute Gasteiger partial charge is 0.263 e. The molecule has 0 spiro atoms. The van der Waals surface area contributed by atoms with Gasteiger partial charge in [0.25, 0.3) is 11.8 Å². The van der Waals surface area contributed by atoms with Crippen LogP contribution in [0.4, 0.5) is 4.39 Å². The van der Waals surface area contributed by atoms with Crippen LogP contribution >= 0.6 is 11.6 Å². The number of hydrogen-bond acceptors (Lipinski definition) is 5. The molecule has 9 heteroatoms. The normalized spacial score (nSPS) is 14.0. The van der Waals surface area contributed by atoms with Crippen molar-refractivity contribution in [3.63, 3.8) is 0 Å². The monoisotopic (exact) mass is 462 g/mol. The molecule has 0 saturated heterocycles. The van der Waals surface area contributed by atoms with Crippen LogP contribution in [0.3, 0.4) is 0 Å². The van der Waals surface area contributed by atoms with Gasteiger partial charge in [-0.25, -0.2) is 4.39 Å². The molecule has 2 amide bonds. The van der Waals surface area contributed by atoms with Crippen molar-refractivity contribution in [1.82, 2.24) is 19.9 Å². The van der Waals surface area contributed by atoms with Crippen LogP contribution in [-0.4, -0.2) is 36.8 Å². The third-order valence-electron chi connectivity index (χ3n) is 5.47. The van der Waals surface area contributed by atoms with Gasteiger partial charge in [0.15, 0.2) is 0 Å². The second kappa shape index (κ2) is 8.23. The predicted octanol–water partition coefficient (Wildman–Crippen LogP) is 4.07. The van der Waals surface area contributed by atoms with E-state index in [1.165, 1.54) is 35.3 Å². The lowest BCUT2D eigenvalue weighted by molar-refractivity contribution is 0.0587. The van der Waals surface area contributed by atoms with E-state index in [-0.39, 0.29) is 12.2 Å². The molecule has 0 bridgehead atoms. The lowest BCUT2D eigenvalue weighted by Gasteiger charge is -2.16. The van der Waals surface area contributed by atoms with Crippen LogP contribution in [0.1, 0.15) is 37.9 Å². The molecule has 7 nitrogen and oxygen atoms in total. The van der Waals surface area contributed by atoms with Crippen LogP contribution in [-0.2, 0) is 6.67 Å². The molecule has 33 heavy (non-hydrogen) atoms. The number of carbonyl (C=O) groups excluding carboxylic acids is 2. The van der Waals surface area contributed by atoms with Gasteiger partial charge in [-0.2, -0.15) is 15.0 Å². The average molecular weight is 463 g/mol. The lowest BCUT2D eigenvalue weighted by Crippen LogP contribution is -2.32. The molecule has 1 aliphatic heterocycles. The van der Waals surface area contributed by atoms with Gasteiger partial charge in [-0.3, -0.25) is 14.5 Å². The minimum Gasteiger partial charge on any atom is -0.384 e. The van der Waals surface area contributed by atoms with Gasteiger partial charge in [0.05, 0.1) is 17.3 Å². The Bertz CT molecular complexity index is 1370. The summed E-state index contributed by atoms with van der Waals surface area (Å²) in [6, 6.07) is 17.3. The second-order valence-corrected chi connectivity index (χ2v) is 7.92. The molecule has 1 atom stereocenters. The first-order valence-electron chi connectivity index (χ1n) is 10.0. The summed E-state index contributed by atoms with van der Waals surface area (Å²) in [5, 5.41) is 19.8. The summed E-state index contributed by atoms with van der Waals surface area (Å²) in [5.74, 6) is -1.39. The minimum atomic E-state index is -1.29. The molecule has 0 fully saturated rings. The largest absolute Gasteiger partial charge is 0.384 e. The Hall–Kier alpha value is -3.88. The number of halogens is 2. The van der Waals surface area contributed by atoms with E-state index >= 15 is 0 Å². The van der Waals surface area contributed by atoms with Crippen molar-refractivity contribution in [2.24, 2.45) is 0 Å². The van der Waals surface area contributed by atoms with Crippen molar-refractivity contribution >= 4 is 23.4 Å². The molecule has 5 rings (SSSR count). The summed E-state index contributed by atoms with van der Waals surface area (Å²) in [7, 11) is 0. The zero-order valence-corrected chi connectivity index (χ0v) is 17.8. The molecular formula is C24H16ClFN4O3. The molecule has 4 aromatic rings. The number of amides is 2. The molecule has 164 valence electrons. The van der Waals surface area contributed by atoms with E-state index in [2.05, 4.69) is 10.2 Å². The van der Waals surface area contributed by atoms with Crippen molar-refractivity contribution in [2.45, 2.75) is 12.8 Å². The number of benzene rings is 3. The van der Waals surface area contributed by atoms with Gasteiger partial charge < -0.3 is 5.11 Å². The maximum Gasteiger partial charge on any atom is 0.263 e. The minimum absolute atomic E-state index is 0.0967. The average Bonchev–Trinajstić information content (AvgIpc) is 3.38. The number of imide groups is 1. The first kappa shape index (κ1) is 21.0. The molecule has 0 radical (unpaired) electrons. The molecule has 1 N–H and O–H groups in total. The maximum atomic E-state index is 14.3. The molecule has 0 saturated carbocycles. The molecule has 0 aliphatic carbocycles. The van der Waals surface area contributed by atoms with Crippen LogP contribution < -0.4 is 0 Å². The van der Waals surface area contributed by atoms with Crippen LogP contribution in [0, 0.1) is 5.82 Å². The SMILES string of the molecule is O=C1c2ccccc2C(=O)N1Cn1ncc(-c2ccc(Cl)cc2C(O)c2ccccc2F)n1. The number of aliphatic hydroxyl groups is 1. The zero-order chi connectivity index (χ0) is 23.1. The summed E-state index contributed by atoms with van der Waals surface area (Å²) in [6.45, 7) is -0.175. The van der Waals surface area contributed by atoms with Crippen molar-refractivity contribution in [3.8, 4) is 11.3 Å². The number of hydrogen-bond donors (Lipinski definition) is 1.